The van der Waals surface area contributed by atoms with Gasteiger partial charge in [-0.25, -0.2) is 4.98 Å². The van der Waals surface area contributed by atoms with E-state index in [0.29, 0.717) is 0 Å². The Morgan fingerprint density at radius 1 is 1.27 bits per heavy atom. The number of phenolic OH excluding ortho intramolecular Hbond substituents is 2. The summed E-state index contributed by atoms with van der Waals surface area (Å²) >= 11 is 1.63. The Kier molecular flexibility index (Phi) is 2.94. The van der Waals surface area contributed by atoms with E-state index in [1.54, 1.807) is 29.7 Å². The Labute approximate surface area is 131 Å². The molecule has 0 spiro atoms. The molecule has 1 aromatic carbocycles. The predicted octanol–water partition coefficient (Wildman–Crippen LogP) is 3.23. The van der Waals surface area contributed by atoms with Gasteiger partial charge in [-0.1, -0.05) is 11.3 Å². The van der Waals surface area contributed by atoms with Crippen LogP contribution in [0.2, 0.25) is 0 Å². The Bertz CT molecular complexity index is 829. The zero-order valence-electron chi connectivity index (χ0n) is 12.0. The molecule has 6 heteroatoms. The zero-order chi connectivity index (χ0) is 15.3. The van der Waals surface area contributed by atoms with Gasteiger partial charge in [0.15, 0.2) is 22.3 Å². The molecule has 1 atom stereocenters. The highest BCUT2D eigenvalue weighted by atomic mass is 32.1. The molecular weight excluding hydrogens is 298 g/mol. The van der Waals surface area contributed by atoms with Crippen LogP contribution in [0.25, 0.3) is 10.3 Å². The number of pyridine rings is 1. The summed E-state index contributed by atoms with van der Waals surface area (Å²) in [6, 6.07) is 7.36. The van der Waals surface area contributed by atoms with Gasteiger partial charge in [0.2, 0.25) is 0 Å². The number of aromatic nitrogens is 2. The van der Waals surface area contributed by atoms with E-state index in [4.69, 9.17) is 0 Å². The highest BCUT2D eigenvalue weighted by molar-refractivity contribution is 7.22. The summed E-state index contributed by atoms with van der Waals surface area (Å²) in [5.41, 5.74) is 2.89. The predicted molar refractivity (Wildman–Crippen MR) is 86.7 cm³/mol. The lowest BCUT2D eigenvalue weighted by Gasteiger charge is -2.35. The minimum absolute atomic E-state index is 0.0522. The monoisotopic (exact) mass is 313 g/mol. The van der Waals surface area contributed by atoms with Crippen molar-refractivity contribution in [2.24, 2.45) is 0 Å². The molecule has 1 aliphatic rings. The third kappa shape index (κ3) is 1.99. The number of hydrogen-bond donors (Lipinski definition) is 2. The van der Waals surface area contributed by atoms with Gasteiger partial charge in [-0.15, -0.1) is 0 Å². The van der Waals surface area contributed by atoms with Gasteiger partial charge >= 0.3 is 0 Å². The summed E-state index contributed by atoms with van der Waals surface area (Å²) < 4.78 is 1.07. The van der Waals surface area contributed by atoms with Crippen LogP contribution in [0.4, 0.5) is 5.13 Å². The molecule has 1 aliphatic heterocycles. The largest absolute Gasteiger partial charge is 0.504 e. The van der Waals surface area contributed by atoms with Crippen LogP contribution in [0.15, 0.2) is 30.5 Å². The average Bonchev–Trinajstić information content (AvgIpc) is 2.93. The van der Waals surface area contributed by atoms with Crippen LogP contribution in [0.5, 0.6) is 11.5 Å². The normalized spacial score (nSPS) is 17.7. The van der Waals surface area contributed by atoms with E-state index in [0.717, 1.165) is 39.6 Å². The first kappa shape index (κ1) is 13.3. The molecule has 112 valence electrons. The summed E-state index contributed by atoms with van der Waals surface area (Å²) in [5.74, 6) is -0.123. The van der Waals surface area contributed by atoms with E-state index in [-0.39, 0.29) is 17.5 Å². The molecule has 4 rings (SSSR count). The minimum atomic E-state index is -0.0709. The Morgan fingerprint density at radius 2 is 2.09 bits per heavy atom. The van der Waals surface area contributed by atoms with Crippen molar-refractivity contribution in [3.63, 3.8) is 0 Å². The number of benzene rings is 1. The van der Waals surface area contributed by atoms with E-state index in [1.165, 1.54) is 0 Å². The lowest BCUT2D eigenvalue weighted by Crippen LogP contribution is -2.33. The molecule has 5 nitrogen and oxygen atoms in total. The van der Waals surface area contributed by atoms with Gasteiger partial charge in [-0.05, 0) is 48.7 Å². The molecule has 3 heterocycles. The van der Waals surface area contributed by atoms with Crippen molar-refractivity contribution in [2.75, 3.05) is 11.4 Å². The van der Waals surface area contributed by atoms with Crippen LogP contribution in [0, 0.1) is 0 Å². The minimum Gasteiger partial charge on any atom is -0.504 e. The Balaban J connectivity index is 1.76. The maximum atomic E-state index is 9.77. The Hall–Kier alpha value is -2.34. The zero-order valence-corrected chi connectivity index (χ0v) is 12.8. The molecular formula is C16H15N3O2S. The van der Waals surface area contributed by atoms with Gasteiger partial charge in [-0.3, -0.25) is 0 Å². The van der Waals surface area contributed by atoms with Crippen molar-refractivity contribution in [3.05, 3.63) is 41.6 Å². The summed E-state index contributed by atoms with van der Waals surface area (Å²) in [6.07, 6.45) is 2.57. The van der Waals surface area contributed by atoms with Gasteiger partial charge in [0.1, 0.15) is 0 Å². The third-order valence-electron chi connectivity index (χ3n) is 4.18. The second kappa shape index (κ2) is 4.84. The van der Waals surface area contributed by atoms with Crippen LogP contribution in [-0.4, -0.2) is 26.7 Å². The van der Waals surface area contributed by atoms with Crippen LogP contribution >= 0.6 is 11.3 Å². The number of thiazole rings is 1. The number of fused-ring (bicyclic) bond motifs is 2. The maximum absolute atomic E-state index is 9.77. The van der Waals surface area contributed by atoms with E-state index in [2.05, 4.69) is 21.8 Å². The fraction of sp³-hybridized carbons (Fsp3) is 0.250. The molecule has 22 heavy (non-hydrogen) atoms. The standard InChI is InChI=1S/C16H15N3O2S/c1-9-11-8-13(21)12(20)7-10(11)4-6-19(9)16-18-15-14(22-16)3-2-5-17-15/h2-3,5,7-9,20-21H,4,6H2,1H3. The molecule has 0 aliphatic carbocycles. The Morgan fingerprint density at radius 3 is 2.91 bits per heavy atom. The molecule has 1 unspecified atom stereocenters. The van der Waals surface area contributed by atoms with Crippen molar-refractivity contribution < 1.29 is 10.2 Å². The van der Waals surface area contributed by atoms with E-state index < -0.39 is 0 Å². The van der Waals surface area contributed by atoms with Crippen LogP contribution < -0.4 is 4.90 Å². The quantitative estimate of drug-likeness (QED) is 0.675. The van der Waals surface area contributed by atoms with Crippen molar-refractivity contribution in [1.82, 2.24) is 9.97 Å². The van der Waals surface area contributed by atoms with Crippen molar-refractivity contribution >= 4 is 26.8 Å². The summed E-state index contributed by atoms with van der Waals surface area (Å²) in [6.45, 7) is 2.92. The fourth-order valence-corrected chi connectivity index (χ4v) is 4.02. The first-order valence-electron chi connectivity index (χ1n) is 7.16. The molecule has 0 bridgehead atoms. The lowest BCUT2D eigenvalue weighted by molar-refractivity contribution is 0.401. The number of rotatable bonds is 1. The molecule has 0 radical (unpaired) electrons. The topological polar surface area (TPSA) is 69.5 Å². The van der Waals surface area contributed by atoms with Crippen LogP contribution in [0.1, 0.15) is 24.1 Å². The molecule has 3 aromatic rings. The van der Waals surface area contributed by atoms with E-state index >= 15 is 0 Å². The van der Waals surface area contributed by atoms with Crippen molar-refractivity contribution in [2.45, 2.75) is 19.4 Å². The molecule has 0 saturated carbocycles. The van der Waals surface area contributed by atoms with Crippen molar-refractivity contribution in [1.29, 1.82) is 0 Å². The second-order valence-electron chi connectivity index (χ2n) is 5.48. The van der Waals surface area contributed by atoms with Gasteiger partial charge in [-0.2, -0.15) is 4.98 Å². The van der Waals surface area contributed by atoms with Gasteiger partial charge in [0.25, 0.3) is 0 Å². The van der Waals surface area contributed by atoms with Gasteiger partial charge < -0.3 is 15.1 Å². The second-order valence-corrected chi connectivity index (χ2v) is 6.49. The smallest absolute Gasteiger partial charge is 0.188 e. The van der Waals surface area contributed by atoms with Crippen molar-refractivity contribution in [3.8, 4) is 11.5 Å². The lowest BCUT2D eigenvalue weighted by atomic mass is 9.93. The third-order valence-corrected chi connectivity index (χ3v) is 5.22. The SMILES string of the molecule is CC1c2cc(O)c(O)cc2CCN1c1nc2ncccc2s1. The average molecular weight is 313 g/mol. The maximum Gasteiger partial charge on any atom is 0.188 e. The molecule has 2 N–H and O–H groups in total. The molecule has 0 amide bonds. The summed E-state index contributed by atoms with van der Waals surface area (Å²) in [7, 11) is 0. The van der Waals surface area contributed by atoms with Gasteiger partial charge in [0, 0.05) is 12.7 Å². The number of anilines is 1. The number of aromatic hydroxyl groups is 2. The van der Waals surface area contributed by atoms with E-state index in [9.17, 15) is 10.2 Å². The first-order chi connectivity index (χ1) is 10.6. The number of phenols is 2. The summed E-state index contributed by atoms with van der Waals surface area (Å²) in [5, 5.41) is 20.4. The fourth-order valence-electron chi connectivity index (χ4n) is 2.99. The first-order valence-corrected chi connectivity index (χ1v) is 7.98. The summed E-state index contributed by atoms with van der Waals surface area (Å²) in [4.78, 5) is 11.1. The molecule has 0 fully saturated rings. The molecule has 2 aromatic heterocycles. The molecule has 0 saturated heterocycles. The highest BCUT2D eigenvalue weighted by Crippen LogP contribution is 2.40. The number of nitrogens with zero attached hydrogens (tertiary/aromatic N) is 3. The van der Waals surface area contributed by atoms with E-state index in [1.807, 2.05) is 12.1 Å². The van der Waals surface area contributed by atoms with Crippen LogP contribution in [-0.2, 0) is 6.42 Å². The number of hydrogen-bond acceptors (Lipinski definition) is 6. The van der Waals surface area contributed by atoms with Gasteiger partial charge in [0.05, 0.1) is 10.7 Å². The van der Waals surface area contributed by atoms with Crippen LogP contribution in [0.3, 0.4) is 0 Å². The highest BCUT2D eigenvalue weighted by Gasteiger charge is 2.27.